The van der Waals surface area contributed by atoms with E-state index in [0.717, 1.165) is 11.7 Å². The van der Waals surface area contributed by atoms with Crippen LogP contribution in [0, 0.1) is 20.8 Å². The molecule has 0 amide bonds. The summed E-state index contributed by atoms with van der Waals surface area (Å²) in [4.78, 5) is 5.71. The SMILES string of the molecule is CCCCCCC(CNc1ncc(C)s1)c1c(C)cccc1C. The highest BCUT2D eigenvalue weighted by atomic mass is 32.1. The quantitative estimate of drug-likeness (QED) is 0.551. The van der Waals surface area contributed by atoms with E-state index in [0.29, 0.717) is 5.92 Å². The molecule has 0 aliphatic rings. The second-order valence-electron chi connectivity index (χ2n) is 6.51. The molecular formula is C20H30N2S. The van der Waals surface area contributed by atoms with Crippen LogP contribution in [0.4, 0.5) is 5.13 Å². The lowest BCUT2D eigenvalue weighted by molar-refractivity contribution is 0.564. The van der Waals surface area contributed by atoms with Crippen molar-refractivity contribution in [2.75, 3.05) is 11.9 Å². The summed E-state index contributed by atoms with van der Waals surface area (Å²) in [5.41, 5.74) is 4.37. The Kier molecular flexibility index (Phi) is 7.10. The number of nitrogens with one attached hydrogen (secondary N) is 1. The van der Waals surface area contributed by atoms with E-state index in [1.807, 2.05) is 6.20 Å². The van der Waals surface area contributed by atoms with Crippen LogP contribution in [-0.4, -0.2) is 11.5 Å². The Morgan fingerprint density at radius 3 is 2.43 bits per heavy atom. The number of aromatic nitrogens is 1. The molecule has 23 heavy (non-hydrogen) atoms. The van der Waals surface area contributed by atoms with Crippen LogP contribution in [0.1, 0.15) is 66.5 Å². The van der Waals surface area contributed by atoms with Gasteiger partial charge in [0.25, 0.3) is 0 Å². The number of anilines is 1. The van der Waals surface area contributed by atoms with Crippen LogP contribution in [0.3, 0.4) is 0 Å². The molecule has 2 nitrogen and oxygen atoms in total. The van der Waals surface area contributed by atoms with E-state index in [2.05, 4.69) is 56.2 Å². The first-order chi connectivity index (χ1) is 11.1. The summed E-state index contributed by atoms with van der Waals surface area (Å²) in [6.07, 6.45) is 8.49. The molecular weight excluding hydrogens is 300 g/mol. The molecule has 126 valence electrons. The van der Waals surface area contributed by atoms with Crippen molar-refractivity contribution < 1.29 is 0 Å². The Morgan fingerprint density at radius 2 is 1.83 bits per heavy atom. The Morgan fingerprint density at radius 1 is 1.09 bits per heavy atom. The van der Waals surface area contributed by atoms with E-state index in [4.69, 9.17) is 0 Å². The smallest absolute Gasteiger partial charge is 0.182 e. The summed E-state index contributed by atoms with van der Waals surface area (Å²) in [5, 5.41) is 4.62. The van der Waals surface area contributed by atoms with Crippen LogP contribution in [0.5, 0.6) is 0 Å². The first-order valence-electron chi connectivity index (χ1n) is 8.84. The number of thiazole rings is 1. The molecule has 0 bridgehead atoms. The van der Waals surface area contributed by atoms with Gasteiger partial charge in [-0.3, -0.25) is 0 Å². The lowest BCUT2D eigenvalue weighted by Gasteiger charge is -2.22. The molecule has 0 aliphatic carbocycles. The average molecular weight is 331 g/mol. The maximum Gasteiger partial charge on any atom is 0.182 e. The summed E-state index contributed by atoms with van der Waals surface area (Å²) in [6, 6.07) is 6.66. The van der Waals surface area contributed by atoms with Gasteiger partial charge < -0.3 is 5.32 Å². The number of hydrogen-bond donors (Lipinski definition) is 1. The summed E-state index contributed by atoms with van der Waals surface area (Å²) >= 11 is 1.74. The molecule has 1 aromatic heterocycles. The van der Waals surface area contributed by atoms with Crippen molar-refractivity contribution in [3.63, 3.8) is 0 Å². The highest BCUT2D eigenvalue weighted by molar-refractivity contribution is 7.15. The van der Waals surface area contributed by atoms with Crippen molar-refractivity contribution in [1.29, 1.82) is 0 Å². The van der Waals surface area contributed by atoms with Gasteiger partial charge in [0, 0.05) is 23.5 Å². The van der Waals surface area contributed by atoms with Gasteiger partial charge in [0.15, 0.2) is 5.13 Å². The Labute approximate surface area is 145 Å². The van der Waals surface area contributed by atoms with Crippen LogP contribution in [0.15, 0.2) is 24.4 Å². The number of benzene rings is 1. The number of unbranched alkanes of at least 4 members (excludes halogenated alkanes) is 3. The molecule has 1 heterocycles. The number of nitrogens with zero attached hydrogens (tertiary/aromatic N) is 1. The molecule has 0 saturated carbocycles. The third-order valence-corrected chi connectivity index (χ3v) is 5.35. The van der Waals surface area contributed by atoms with Gasteiger partial charge >= 0.3 is 0 Å². The molecule has 3 heteroatoms. The molecule has 0 saturated heterocycles. The maximum atomic E-state index is 4.44. The van der Waals surface area contributed by atoms with Gasteiger partial charge in [-0.15, -0.1) is 11.3 Å². The molecule has 0 radical (unpaired) electrons. The second kappa shape index (κ2) is 9.07. The molecule has 0 spiro atoms. The Hall–Kier alpha value is -1.35. The van der Waals surface area contributed by atoms with Crippen molar-refractivity contribution in [2.45, 2.75) is 65.7 Å². The van der Waals surface area contributed by atoms with Gasteiger partial charge in [0.2, 0.25) is 0 Å². The fraction of sp³-hybridized carbons (Fsp3) is 0.550. The van der Waals surface area contributed by atoms with Gasteiger partial charge in [-0.2, -0.15) is 0 Å². The molecule has 2 aromatic rings. The highest BCUT2D eigenvalue weighted by Crippen LogP contribution is 2.29. The van der Waals surface area contributed by atoms with Crippen molar-refractivity contribution in [3.05, 3.63) is 46.0 Å². The molecule has 1 aromatic carbocycles. The topological polar surface area (TPSA) is 24.9 Å². The Balaban J connectivity index is 2.07. The van der Waals surface area contributed by atoms with Gasteiger partial charge in [-0.25, -0.2) is 4.98 Å². The van der Waals surface area contributed by atoms with Crippen molar-refractivity contribution in [3.8, 4) is 0 Å². The van der Waals surface area contributed by atoms with Crippen LogP contribution in [-0.2, 0) is 0 Å². The standard InChI is InChI=1S/C20H30N2S/c1-5-6-7-8-12-18(14-22-20-21-13-17(4)23-20)19-15(2)10-9-11-16(19)3/h9-11,13,18H,5-8,12,14H2,1-4H3,(H,21,22). The fourth-order valence-corrected chi connectivity index (χ4v) is 3.96. The fourth-order valence-electron chi connectivity index (χ4n) is 3.28. The average Bonchev–Trinajstić information content (AvgIpc) is 2.93. The molecule has 1 N–H and O–H groups in total. The van der Waals surface area contributed by atoms with E-state index >= 15 is 0 Å². The molecule has 2 rings (SSSR count). The minimum absolute atomic E-state index is 0.567. The van der Waals surface area contributed by atoms with E-state index in [1.54, 1.807) is 11.3 Å². The van der Waals surface area contributed by atoms with Crippen LogP contribution >= 0.6 is 11.3 Å². The number of aryl methyl sites for hydroxylation is 3. The minimum Gasteiger partial charge on any atom is -0.361 e. The van der Waals surface area contributed by atoms with Crippen LogP contribution in [0.25, 0.3) is 0 Å². The highest BCUT2D eigenvalue weighted by Gasteiger charge is 2.16. The summed E-state index contributed by atoms with van der Waals surface area (Å²) in [5.74, 6) is 0.567. The molecule has 1 atom stereocenters. The normalized spacial score (nSPS) is 12.3. The van der Waals surface area contributed by atoms with Gasteiger partial charge in [-0.1, -0.05) is 50.8 Å². The van der Waals surface area contributed by atoms with E-state index < -0.39 is 0 Å². The summed E-state index contributed by atoms with van der Waals surface area (Å²) < 4.78 is 0. The zero-order chi connectivity index (χ0) is 16.7. The van der Waals surface area contributed by atoms with Crippen molar-refractivity contribution in [2.24, 2.45) is 0 Å². The summed E-state index contributed by atoms with van der Waals surface area (Å²) in [7, 11) is 0. The van der Waals surface area contributed by atoms with E-state index in [1.165, 1.54) is 53.7 Å². The van der Waals surface area contributed by atoms with Crippen molar-refractivity contribution >= 4 is 16.5 Å². The van der Waals surface area contributed by atoms with Crippen molar-refractivity contribution in [1.82, 2.24) is 4.98 Å². The first-order valence-corrected chi connectivity index (χ1v) is 9.66. The molecule has 1 unspecified atom stereocenters. The number of hydrogen-bond acceptors (Lipinski definition) is 3. The third-order valence-electron chi connectivity index (χ3n) is 4.48. The third kappa shape index (κ3) is 5.35. The van der Waals surface area contributed by atoms with Gasteiger partial charge in [0.1, 0.15) is 0 Å². The molecule has 0 fully saturated rings. The zero-order valence-electron chi connectivity index (χ0n) is 15.0. The zero-order valence-corrected chi connectivity index (χ0v) is 15.8. The predicted octanol–water partition coefficient (Wildman–Crippen LogP) is 6.23. The van der Waals surface area contributed by atoms with Gasteiger partial charge in [-0.05, 0) is 43.9 Å². The molecule has 0 aliphatic heterocycles. The van der Waals surface area contributed by atoms with E-state index in [9.17, 15) is 0 Å². The summed E-state index contributed by atoms with van der Waals surface area (Å²) in [6.45, 7) is 9.85. The monoisotopic (exact) mass is 330 g/mol. The van der Waals surface area contributed by atoms with Crippen LogP contribution < -0.4 is 5.32 Å². The Bertz CT molecular complexity index is 583. The maximum absolute atomic E-state index is 4.44. The lowest BCUT2D eigenvalue weighted by Crippen LogP contribution is -2.15. The van der Waals surface area contributed by atoms with E-state index in [-0.39, 0.29) is 0 Å². The minimum atomic E-state index is 0.567. The second-order valence-corrected chi connectivity index (χ2v) is 7.74. The largest absolute Gasteiger partial charge is 0.361 e. The lowest BCUT2D eigenvalue weighted by atomic mass is 9.87. The van der Waals surface area contributed by atoms with Gasteiger partial charge in [0.05, 0.1) is 0 Å². The number of rotatable bonds is 9. The predicted molar refractivity (Wildman–Crippen MR) is 103 cm³/mol. The first kappa shape index (κ1) is 18.0. The van der Waals surface area contributed by atoms with Crippen LogP contribution in [0.2, 0.25) is 0 Å².